The summed E-state index contributed by atoms with van der Waals surface area (Å²) in [5.41, 5.74) is 1.17. The smallest absolute Gasteiger partial charge is 0.272 e. The van der Waals surface area contributed by atoms with Crippen LogP contribution in [0, 0.1) is 0 Å². The van der Waals surface area contributed by atoms with Crippen molar-refractivity contribution in [2.24, 2.45) is 0 Å². The molecule has 3 aromatic rings. The van der Waals surface area contributed by atoms with Gasteiger partial charge in [-0.3, -0.25) is 19.5 Å². The largest absolute Gasteiger partial charge is 0.338 e. The van der Waals surface area contributed by atoms with E-state index in [9.17, 15) is 14.4 Å². The average Bonchev–Trinajstić information content (AvgIpc) is 3.28. The lowest BCUT2D eigenvalue weighted by atomic mass is 10.0. The van der Waals surface area contributed by atoms with Gasteiger partial charge in [0, 0.05) is 48.4 Å². The van der Waals surface area contributed by atoms with Gasteiger partial charge in [-0.25, -0.2) is 9.50 Å². The highest BCUT2D eigenvalue weighted by Crippen LogP contribution is 2.27. The van der Waals surface area contributed by atoms with Gasteiger partial charge < -0.3 is 10.2 Å². The predicted octanol–water partition coefficient (Wildman–Crippen LogP) is 2.43. The molecule has 1 aromatic carbocycles. The molecule has 0 saturated carbocycles. The number of halogens is 1. The molecule has 148 valence electrons. The number of hydrogen-bond donors (Lipinski definition) is 2. The van der Waals surface area contributed by atoms with Crippen molar-refractivity contribution in [1.29, 1.82) is 0 Å². The minimum atomic E-state index is -0.411. The molecule has 3 heterocycles. The zero-order valence-electron chi connectivity index (χ0n) is 15.4. The van der Waals surface area contributed by atoms with Gasteiger partial charge in [0.25, 0.3) is 11.5 Å². The maximum absolute atomic E-state index is 12.7. The van der Waals surface area contributed by atoms with Crippen LogP contribution < -0.4 is 10.9 Å². The summed E-state index contributed by atoms with van der Waals surface area (Å²) >= 11 is 5.86. The van der Waals surface area contributed by atoms with Crippen molar-refractivity contribution in [3.63, 3.8) is 0 Å². The van der Waals surface area contributed by atoms with E-state index >= 15 is 0 Å². The maximum Gasteiger partial charge on any atom is 0.272 e. The summed E-state index contributed by atoms with van der Waals surface area (Å²) in [4.78, 5) is 43.6. The molecule has 1 unspecified atom stereocenters. The highest BCUT2D eigenvalue weighted by Gasteiger charge is 2.31. The van der Waals surface area contributed by atoms with E-state index in [0.717, 1.165) is 0 Å². The number of likely N-dealkylation sites (tertiary alicyclic amines) is 1. The minimum absolute atomic E-state index is 0.00771. The summed E-state index contributed by atoms with van der Waals surface area (Å²) < 4.78 is 1.21. The lowest BCUT2D eigenvalue weighted by molar-refractivity contribution is -0.127. The Labute approximate surface area is 170 Å². The molecule has 0 aliphatic carbocycles. The molecule has 9 heteroatoms. The highest BCUT2D eigenvalue weighted by atomic mass is 35.5. The third-order valence-electron chi connectivity index (χ3n) is 4.85. The number of benzene rings is 1. The maximum atomic E-state index is 12.7. The molecular weight excluding hydrogens is 394 g/mol. The second-order valence-corrected chi connectivity index (χ2v) is 7.25. The average molecular weight is 412 g/mol. The second kappa shape index (κ2) is 7.56. The van der Waals surface area contributed by atoms with Gasteiger partial charge in [-0.2, -0.15) is 0 Å². The fourth-order valence-corrected chi connectivity index (χ4v) is 3.54. The number of nitrogens with zero attached hydrogens (tertiary/aromatic N) is 3. The molecule has 1 aliphatic rings. The highest BCUT2D eigenvalue weighted by molar-refractivity contribution is 6.30. The summed E-state index contributed by atoms with van der Waals surface area (Å²) in [5, 5.41) is 6.07. The van der Waals surface area contributed by atoms with Crippen LogP contribution >= 0.6 is 11.6 Å². The van der Waals surface area contributed by atoms with Gasteiger partial charge in [-0.1, -0.05) is 17.7 Å². The van der Waals surface area contributed by atoms with Crippen LogP contribution in [0.2, 0.25) is 5.02 Å². The third kappa shape index (κ3) is 3.66. The van der Waals surface area contributed by atoms with Gasteiger partial charge in [0.05, 0.1) is 5.69 Å². The summed E-state index contributed by atoms with van der Waals surface area (Å²) in [6.45, 7) is 4.57. The Balaban J connectivity index is 1.65. The van der Waals surface area contributed by atoms with E-state index in [1.165, 1.54) is 16.8 Å². The van der Waals surface area contributed by atoms with Gasteiger partial charge >= 0.3 is 0 Å². The number of aromatic amines is 1. The lowest BCUT2D eigenvalue weighted by Gasteiger charge is -2.13. The van der Waals surface area contributed by atoms with Gasteiger partial charge in [0.1, 0.15) is 5.56 Å². The van der Waals surface area contributed by atoms with Gasteiger partial charge in [0.2, 0.25) is 5.91 Å². The van der Waals surface area contributed by atoms with Crippen LogP contribution in [0.4, 0.5) is 5.69 Å². The zero-order valence-corrected chi connectivity index (χ0v) is 16.1. The molecule has 2 amide bonds. The molecule has 0 spiro atoms. The molecule has 8 nitrogen and oxygen atoms in total. The standard InChI is InChI=1S/C20H18ClN5O3/c1-2-7-25-11-12(8-17(25)27)16-9-18(28)26-19(24-16)15(10-22-26)20(29)23-14-5-3-13(21)4-6-14/h2-6,9-10,12,22H,1,7-8,11H2,(H,23,29). The SMILES string of the molecule is C=CCN1CC(c2cc(=O)n3[nH]cc(C(=O)Nc4ccc(Cl)cc4)c3n2)CC1=O. The number of H-pyrrole nitrogens is 1. The molecule has 1 fully saturated rings. The normalized spacial score (nSPS) is 16.4. The van der Waals surface area contributed by atoms with Crippen molar-refractivity contribution in [1.82, 2.24) is 19.5 Å². The summed E-state index contributed by atoms with van der Waals surface area (Å²) in [6, 6.07) is 8.09. The molecule has 2 N–H and O–H groups in total. The molecule has 1 saturated heterocycles. The first-order valence-corrected chi connectivity index (χ1v) is 9.40. The molecule has 0 radical (unpaired) electrons. The first-order valence-electron chi connectivity index (χ1n) is 9.03. The van der Waals surface area contributed by atoms with Crippen molar-refractivity contribution in [3.05, 3.63) is 75.8 Å². The Kier molecular flexibility index (Phi) is 4.94. The molecule has 4 rings (SSSR count). The van der Waals surface area contributed by atoms with Gasteiger partial charge in [-0.05, 0) is 24.3 Å². The van der Waals surface area contributed by atoms with Gasteiger partial charge in [-0.15, -0.1) is 6.58 Å². The quantitative estimate of drug-likeness (QED) is 0.630. The van der Waals surface area contributed by atoms with E-state index in [1.54, 1.807) is 35.2 Å². The predicted molar refractivity (Wildman–Crippen MR) is 109 cm³/mol. The van der Waals surface area contributed by atoms with Crippen LogP contribution in [-0.2, 0) is 4.79 Å². The molecule has 0 bridgehead atoms. The number of anilines is 1. The van der Waals surface area contributed by atoms with Crippen LogP contribution in [0.25, 0.3) is 5.65 Å². The molecule has 1 aliphatic heterocycles. The number of hydrogen-bond acceptors (Lipinski definition) is 4. The Bertz CT molecular complexity index is 1170. The number of carbonyl (C=O) groups excluding carboxylic acids is 2. The van der Waals surface area contributed by atoms with Crippen molar-refractivity contribution in [2.75, 3.05) is 18.4 Å². The Morgan fingerprint density at radius 3 is 2.83 bits per heavy atom. The Morgan fingerprint density at radius 1 is 1.34 bits per heavy atom. The first-order chi connectivity index (χ1) is 14.0. The second-order valence-electron chi connectivity index (χ2n) is 6.81. The monoisotopic (exact) mass is 411 g/mol. The molecule has 29 heavy (non-hydrogen) atoms. The van der Waals surface area contributed by atoms with E-state index in [1.807, 2.05) is 0 Å². The van der Waals surface area contributed by atoms with E-state index in [0.29, 0.717) is 29.5 Å². The van der Waals surface area contributed by atoms with Crippen molar-refractivity contribution < 1.29 is 9.59 Å². The van der Waals surface area contributed by atoms with Crippen molar-refractivity contribution in [2.45, 2.75) is 12.3 Å². The summed E-state index contributed by atoms with van der Waals surface area (Å²) in [7, 11) is 0. The Hall–Kier alpha value is -3.39. The molecule has 2 aromatic heterocycles. The van der Waals surface area contributed by atoms with Crippen molar-refractivity contribution >= 4 is 34.7 Å². The van der Waals surface area contributed by atoms with Crippen LogP contribution in [-0.4, -0.2) is 44.4 Å². The van der Waals surface area contributed by atoms with E-state index < -0.39 is 5.91 Å². The van der Waals surface area contributed by atoms with Crippen LogP contribution in [0.3, 0.4) is 0 Å². The van der Waals surface area contributed by atoms with Crippen LogP contribution in [0.1, 0.15) is 28.4 Å². The Morgan fingerprint density at radius 2 is 2.10 bits per heavy atom. The van der Waals surface area contributed by atoms with Crippen LogP contribution in [0.15, 0.2) is 54.0 Å². The fraction of sp³-hybridized carbons (Fsp3) is 0.200. The number of nitrogens with one attached hydrogen (secondary N) is 2. The molecule has 1 atom stereocenters. The van der Waals surface area contributed by atoms with E-state index in [4.69, 9.17) is 11.6 Å². The topological polar surface area (TPSA) is 99.6 Å². The lowest BCUT2D eigenvalue weighted by Crippen LogP contribution is -2.25. The third-order valence-corrected chi connectivity index (χ3v) is 5.10. The molecular formula is C20H18ClN5O3. The summed E-state index contributed by atoms with van der Waals surface area (Å²) in [6.07, 6.45) is 3.37. The van der Waals surface area contributed by atoms with Crippen LogP contribution in [0.5, 0.6) is 0 Å². The number of carbonyl (C=O) groups is 2. The fourth-order valence-electron chi connectivity index (χ4n) is 3.41. The summed E-state index contributed by atoms with van der Waals surface area (Å²) in [5.74, 6) is -0.625. The number of aromatic nitrogens is 3. The van der Waals surface area contributed by atoms with Crippen molar-refractivity contribution in [3.8, 4) is 0 Å². The first kappa shape index (κ1) is 18.9. The minimum Gasteiger partial charge on any atom is -0.338 e. The zero-order chi connectivity index (χ0) is 20.5. The number of rotatable bonds is 5. The van der Waals surface area contributed by atoms with E-state index in [-0.39, 0.29) is 35.0 Å². The van der Waals surface area contributed by atoms with E-state index in [2.05, 4.69) is 22.0 Å². The number of fused-ring (bicyclic) bond motifs is 1. The van der Waals surface area contributed by atoms with Gasteiger partial charge in [0.15, 0.2) is 5.65 Å². The number of amides is 2.